The lowest BCUT2D eigenvalue weighted by atomic mass is 10.0. The maximum Gasteiger partial charge on any atom is 0.252 e. The fourth-order valence-corrected chi connectivity index (χ4v) is 2.66. The van der Waals surface area contributed by atoms with Gasteiger partial charge in [-0.3, -0.25) is 9.59 Å². The van der Waals surface area contributed by atoms with Gasteiger partial charge in [-0.1, -0.05) is 38.1 Å². The second-order valence-electron chi connectivity index (χ2n) is 6.65. The number of benzene rings is 2. The Labute approximate surface area is 154 Å². The van der Waals surface area contributed by atoms with Gasteiger partial charge < -0.3 is 10.6 Å². The normalized spacial score (nSPS) is 11.5. The van der Waals surface area contributed by atoms with Crippen molar-refractivity contribution in [2.75, 3.05) is 5.32 Å². The zero-order valence-corrected chi connectivity index (χ0v) is 15.2. The van der Waals surface area contributed by atoms with E-state index in [2.05, 4.69) is 10.6 Å². The molecule has 2 amide bonds. The molecule has 0 aromatic heterocycles. The van der Waals surface area contributed by atoms with Crippen LogP contribution in [0.3, 0.4) is 0 Å². The van der Waals surface area contributed by atoms with Gasteiger partial charge in [0.1, 0.15) is 6.04 Å². The third kappa shape index (κ3) is 5.18. The summed E-state index contributed by atoms with van der Waals surface area (Å²) in [4.78, 5) is 25.3. The topological polar surface area (TPSA) is 82.0 Å². The minimum absolute atomic E-state index is 0.230. The van der Waals surface area contributed by atoms with E-state index in [4.69, 9.17) is 5.26 Å². The number of carbonyl (C=O) groups excluding carboxylic acids is 2. The molecule has 5 nitrogen and oxygen atoms in total. The molecule has 0 aliphatic rings. The highest BCUT2D eigenvalue weighted by Crippen LogP contribution is 2.14. The quantitative estimate of drug-likeness (QED) is 0.835. The minimum atomic E-state index is -0.659. The Kier molecular flexibility index (Phi) is 6.51. The predicted molar refractivity (Wildman–Crippen MR) is 102 cm³/mol. The van der Waals surface area contributed by atoms with Crippen molar-refractivity contribution in [1.82, 2.24) is 5.32 Å². The number of aryl methyl sites for hydroxylation is 1. The van der Waals surface area contributed by atoms with E-state index in [1.165, 1.54) is 0 Å². The van der Waals surface area contributed by atoms with Gasteiger partial charge >= 0.3 is 0 Å². The monoisotopic (exact) mass is 349 g/mol. The summed E-state index contributed by atoms with van der Waals surface area (Å²) in [5.41, 5.74) is 2.41. The maximum atomic E-state index is 12.7. The second-order valence-corrected chi connectivity index (χ2v) is 6.65. The summed E-state index contributed by atoms with van der Waals surface area (Å²) in [6, 6.07) is 15.3. The van der Waals surface area contributed by atoms with E-state index in [0.29, 0.717) is 23.2 Å². The van der Waals surface area contributed by atoms with Crippen LogP contribution in [-0.2, 0) is 4.79 Å². The largest absolute Gasteiger partial charge is 0.340 e. The van der Waals surface area contributed by atoms with Crippen LogP contribution in [0.2, 0.25) is 0 Å². The molecule has 1 unspecified atom stereocenters. The molecule has 2 aromatic rings. The highest BCUT2D eigenvalue weighted by Gasteiger charge is 2.23. The van der Waals surface area contributed by atoms with Gasteiger partial charge in [-0.2, -0.15) is 5.26 Å². The van der Waals surface area contributed by atoms with E-state index in [0.717, 1.165) is 5.56 Å². The van der Waals surface area contributed by atoms with Crippen molar-refractivity contribution in [2.24, 2.45) is 5.92 Å². The van der Waals surface area contributed by atoms with Gasteiger partial charge in [0.05, 0.1) is 11.6 Å². The smallest absolute Gasteiger partial charge is 0.252 e. The number of carbonyl (C=O) groups is 2. The Balaban J connectivity index is 2.15. The SMILES string of the molecule is Cc1ccccc1C(=O)NC(CC(C)C)C(=O)Nc1cccc(C#N)c1. The molecule has 0 heterocycles. The summed E-state index contributed by atoms with van der Waals surface area (Å²) in [6.45, 7) is 5.85. The van der Waals surface area contributed by atoms with Crippen LogP contribution in [0.5, 0.6) is 0 Å². The molecule has 2 N–H and O–H groups in total. The average Bonchev–Trinajstić information content (AvgIpc) is 2.61. The van der Waals surface area contributed by atoms with Crippen molar-refractivity contribution in [2.45, 2.75) is 33.2 Å². The van der Waals surface area contributed by atoms with E-state index in [9.17, 15) is 9.59 Å². The first-order chi connectivity index (χ1) is 12.4. The molecule has 2 aromatic carbocycles. The Morgan fingerprint density at radius 1 is 1.12 bits per heavy atom. The Bertz CT molecular complexity index is 837. The Morgan fingerprint density at radius 2 is 1.85 bits per heavy atom. The molecule has 0 fully saturated rings. The summed E-state index contributed by atoms with van der Waals surface area (Å²) in [5, 5.41) is 14.6. The van der Waals surface area contributed by atoms with Crippen molar-refractivity contribution in [3.8, 4) is 6.07 Å². The standard InChI is InChI=1S/C21H23N3O2/c1-14(2)11-19(24-20(25)18-10-5-4-7-15(18)3)21(26)23-17-9-6-8-16(12-17)13-22/h4-10,12,14,19H,11H2,1-3H3,(H,23,26)(H,24,25). The van der Waals surface area contributed by atoms with Gasteiger partial charge in [-0.05, 0) is 49.1 Å². The zero-order valence-electron chi connectivity index (χ0n) is 15.2. The van der Waals surface area contributed by atoms with E-state index in [1.54, 1.807) is 36.4 Å². The molecule has 5 heteroatoms. The minimum Gasteiger partial charge on any atom is -0.340 e. The van der Waals surface area contributed by atoms with Crippen LogP contribution in [0, 0.1) is 24.2 Å². The molecule has 0 aliphatic heterocycles. The number of hydrogen-bond donors (Lipinski definition) is 2. The molecule has 1 atom stereocenters. The van der Waals surface area contributed by atoms with Crippen LogP contribution in [0.4, 0.5) is 5.69 Å². The van der Waals surface area contributed by atoms with Gasteiger partial charge in [0, 0.05) is 11.3 Å². The van der Waals surface area contributed by atoms with Gasteiger partial charge in [0.2, 0.25) is 5.91 Å². The van der Waals surface area contributed by atoms with Crippen LogP contribution >= 0.6 is 0 Å². The van der Waals surface area contributed by atoms with Crippen LogP contribution in [-0.4, -0.2) is 17.9 Å². The number of amides is 2. The van der Waals surface area contributed by atoms with Crippen molar-refractivity contribution in [1.29, 1.82) is 5.26 Å². The van der Waals surface area contributed by atoms with Crippen molar-refractivity contribution >= 4 is 17.5 Å². The summed E-state index contributed by atoms with van der Waals surface area (Å²) in [6.07, 6.45) is 0.515. The molecule has 0 bridgehead atoms. The first-order valence-corrected chi connectivity index (χ1v) is 8.58. The van der Waals surface area contributed by atoms with E-state index >= 15 is 0 Å². The molecule has 0 radical (unpaired) electrons. The third-order valence-corrected chi connectivity index (χ3v) is 3.98. The molecular formula is C21H23N3O2. The Morgan fingerprint density at radius 3 is 2.50 bits per heavy atom. The first kappa shape index (κ1) is 19.2. The number of anilines is 1. The van der Waals surface area contributed by atoms with Gasteiger partial charge in [-0.15, -0.1) is 0 Å². The number of nitriles is 1. The average molecular weight is 349 g/mol. The zero-order chi connectivity index (χ0) is 19.1. The van der Waals surface area contributed by atoms with E-state index in [1.807, 2.05) is 39.0 Å². The molecule has 0 spiro atoms. The van der Waals surface area contributed by atoms with Crippen molar-refractivity contribution < 1.29 is 9.59 Å². The van der Waals surface area contributed by atoms with E-state index in [-0.39, 0.29) is 17.7 Å². The van der Waals surface area contributed by atoms with E-state index < -0.39 is 6.04 Å². The van der Waals surface area contributed by atoms with Crippen LogP contribution < -0.4 is 10.6 Å². The molecule has 0 saturated heterocycles. The van der Waals surface area contributed by atoms with Crippen LogP contribution in [0.1, 0.15) is 41.8 Å². The lowest BCUT2D eigenvalue weighted by molar-refractivity contribution is -0.118. The first-order valence-electron chi connectivity index (χ1n) is 8.58. The van der Waals surface area contributed by atoms with Crippen molar-refractivity contribution in [3.05, 3.63) is 65.2 Å². The lowest BCUT2D eigenvalue weighted by Gasteiger charge is -2.21. The number of nitrogens with one attached hydrogen (secondary N) is 2. The predicted octanol–water partition coefficient (Wildman–Crippen LogP) is 3.65. The maximum absolute atomic E-state index is 12.7. The van der Waals surface area contributed by atoms with Gasteiger partial charge in [0.25, 0.3) is 5.91 Å². The molecule has 0 saturated carbocycles. The summed E-state index contributed by atoms with van der Waals surface area (Å²) in [7, 11) is 0. The van der Waals surface area contributed by atoms with Crippen LogP contribution in [0.15, 0.2) is 48.5 Å². The number of hydrogen-bond acceptors (Lipinski definition) is 3. The second kappa shape index (κ2) is 8.82. The van der Waals surface area contributed by atoms with Crippen molar-refractivity contribution in [3.63, 3.8) is 0 Å². The molecule has 26 heavy (non-hydrogen) atoms. The fraction of sp³-hybridized carbons (Fsp3) is 0.286. The van der Waals surface area contributed by atoms with Gasteiger partial charge in [0.15, 0.2) is 0 Å². The third-order valence-electron chi connectivity index (χ3n) is 3.98. The summed E-state index contributed by atoms with van der Waals surface area (Å²) < 4.78 is 0. The highest BCUT2D eigenvalue weighted by molar-refractivity contribution is 6.01. The van der Waals surface area contributed by atoms with Crippen LogP contribution in [0.25, 0.3) is 0 Å². The molecule has 134 valence electrons. The Hall–Kier alpha value is -3.13. The molecule has 2 rings (SSSR count). The lowest BCUT2D eigenvalue weighted by Crippen LogP contribution is -2.44. The molecular weight excluding hydrogens is 326 g/mol. The number of nitrogens with zero attached hydrogens (tertiary/aromatic N) is 1. The molecule has 0 aliphatic carbocycles. The summed E-state index contributed by atoms with van der Waals surface area (Å²) in [5.74, 6) is -0.334. The summed E-state index contributed by atoms with van der Waals surface area (Å²) >= 11 is 0. The highest BCUT2D eigenvalue weighted by atomic mass is 16.2. The fourth-order valence-electron chi connectivity index (χ4n) is 2.66. The number of rotatable bonds is 6. The van der Waals surface area contributed by atoms with Gasteiger partial charge in [-0.25, -0.2) is 0 Å².